The Morgan fingerprint density at radius 3 is 2.72 bits per heavy atom. The van der Waals surface area contributed by atoms with Gasteiger partial charge in [0.05, 0.1) is 48.4 Å². The summed E-state index contributed by atoms with van der Waals surface area (Å²) < 4.78 is 13.2. The highest BCUT2D eigenvalue weighted by Gasteiger charge is 2.17. The average Bonchev–Trinajstić information content (AvgIpc) is 3.25. The zero-order chi connectivity index (χ0) is 25.1. The van der Waals surface area contributed by atoms with Gasteiger partial charge in [0.25, 0.3) is 0 Å². The molecule has 188 valence electrons. The lowest BCUT2D eigenvalue weighted by Gasteiger charge is -2.30. The molecule has 0 unspecified atom stereocenters. The minimum absolute atomic E-state index is 0.436. The van der Waals surface area contributed by atoms with Crippen LogP contribution < -0.4 is 20.7 Å². The van der Waals surface area contributed by atoms with Crippen molar-refractivity contribution in [2.24, 2.45) is 7.05 Å². The summed E-state index contributed by atoms with van der Waals surface area (Å²) in [7, 11) is 5.67. The molecule has 10 nitrogen and oxygen atoms in total. The zero-order valence-electron chi connectivity index (χ0n) is 20.9. The summed E-state index contributed by atoms with van der Waals surface area (Å²) in [6.45, 7) is 5.30. The maximum Gasteiger partial charge on any atom is 0.227 e. The van der Waals surface area contributed by atoms with Gasteiger partial charge in [-0.1, -0.05) is 12.1 Å². The molecule has 0 atom stereocenters. The minimum Gasteiger partial charge on any atom is -0.494 e. The number of methoxy groups -OCH3 is 1. The van der Waals surface area contributed by atoms with Crippen LogP contribution in [0, 0.1) is 0 Å². The lowest BCUT2D eigenvalue weighted by atomic mass is 10.2. The first-order valence-corrected chi connectivity index (χ1v) is 12.0. The van der Waals surface area contributed by atoms with Gasteiger partial charge in [0.15, 0.2) is 5.82 Å². The molecular weight excluding hydrogens is 456 g/mol. The van der Waals surface area contributed by atoms with Gasteiger partial charge >= 0.3 is 0 Å². The summed E-state index contributed by atoms with van der Waals surface area (Å²) in [6.07, 6.45) is 1.72. The van der Waals surface area contributed by atoms with E-state index in [0.717, 1.165) is 67.6 Å². The third kappa shape index (κ3) is 4.91. The van der Waals surface area contributed by atoms with Gasteiger partial charge in [0.2, 0.25) is 5.95 Å². The van der Waals surface area contributed by atoms with Gasteiger partial charge in [-0.2, -0.15) is 0 Å². The van der Waals surface area contributed by atoms with Crippen LogP contribution in [0.25, 0.3) is 22.6 Å². The van der Waals surface area contributed by atoms with E-state index in [-0.39, 0.29) is 0 Å². The molecular formula is C26H32N8O2. The topological polar surface area (TPSA) is 107 Å². The van der Waals surface area contributed by atoms with Crippen LogP contribution in [0.2, 0.25) is 0 Å². The number of aryl methyl sites for hydroxylation is 1. The van der Waals surface area contributed by atoms with Crippen LogP contribution in [0.4, 0.5) is 23.0 Å². The number of nitrogens with one attached hydrogen (secondary N) is 1. The maximum absolute atomic E-state index is 6.47. The molecule has 10 heteroatoms. The molecule has 5 rings (SSSR count). The SMILES string of the molecule is COc1cc(N(C)CCN2CCOCC2)c(N)cc1Nc1nccc(-c2nc3ccccc3n2C)n1. The van der Waals surface area contributed by atoms with Crippen LogP contribution in [-0.2, 0) is 11.8 Å². The molecule has 1 fully saturated rings. The highest BCUT2D eigenvalue weighted by molar-refractivity contribution is 5.81. The van der Waals surface area contributed by atoms with Crippen molar-refractivity contribution in [1.29, 1.82) is 0 Å². The van der Waals surface area contributed by atoms with Crippen molar-refractivity contribution >= 4 is 34.0 Å². The summed E-state index contributed by atoms with van der Waals surface area (Å²) in [5.74, 6) is 1.87. The van der Waals surface area contributed by atoms with E-state index in [9.17, 15) is 0 Å². The smallest absolute Gasteiger partial charge is 0.227 e. The van der Waals surface area contributed by atoms with E-state index in [4.69, 9.17) is 25.2 Å². The fraction of sp³-hybridized carbons (Fsp3) is 0.346. The van der Waals surface area contributed by atoms with Crippen LogP contribution in [0.5, 0.6) is 5.75 Å². The Bertz CT molecular complexity index is 1350. The molecule has 0 spiro atoms. The average molecular weight is 489 g/mol. The van der Waals surface area contributed by atoms with E-state index < -0.39 is 0 Å². The second kappa shape index (κ2) is 10.4. The number of hydrogen-bond acceptors (Lipinski definition) is 9. The molecule has 0 amide bonds. The molecule has 0 saturated carbocycles. The first kappa shape index (κ1) is 23.8. The number of nitrogens with zero attached hydrogens (tertiary/aromatic N) is 6. The van der Waals surface area contributed by atoms with Crippen molar-refractivity contribution < 1.29 is 9.47 Å². The number of nitrogen functional groups attached to an aromatic ring is 1. The molecule has 1 aliphatic heterocycles. The van der Waals surface area contributed by atoms with E-state index in [0.29, 0.717) is 23.1 Å². The monoisotopic (exact) mass is 488 g/mol. The van der Waals surface area contributed by atoms with Gasteiger partial charge in [-0.3, -0.25) is 4.90 Å². The standard InChI is InChI=1S/C26H32N8O2/c1-32(10-11-34-12-14-36-15-13-34)23-17-24(35-3)21(16-18(23)27)31-26-28-9-8-20(30-26)25-29-19-6-4-5-7-22(19)33(25)2/h4-9,16-17H,10-15,27H2,1-3H3,(H,28,30,31). The third-order valence-electron chi connectivity index (χ3n) is 6.53. The van der Waals surface area contributed by atoms with Gasteiger partial charge in [0, 0.05) is 52.5 Å². The van der Waals surface area contributed by atoms with E-state index in [1.54, 1.807) is 13.3 Å². The Morgan fingerprint density at radius 1 is 1.14 bits per heavy atom. The van der Waals surface area contributed by atoms with Crippen molar-refractivity contribution in [3.63, 3.8) is 0 Å². The molecule has 3 N–H and O–H groups in total. The second-order valence-corrected chi connectivity index (χ2v) is 8.86. The number of rotatable bonds is 8. The summed E-state index contributed by atoms with van der Waals surface area (Å²) in [4.78, 5) is 18.4. The number of morpholine rings is 1. The van der Waals surface area contributed by atoms with Crippen molar-refractivity contribution in [3.05, 3.63) is 48.7 Å². The van der Waals surface area contributed by atoms with Crippen LogP contribution in [0.3, 0.4) is 0 Å². The van der Waals surface area contributed by atoms with Crippen LogP contribution >= 0.6 is 0 Å². The number of ether oxygens (including phenoxy) is 2. The molecule has 1 saturated heterocycles. The Labute approximate surface area is 210 Å². The predicted octanol–water partition coefficient (Wildman–Crippen LogP) is 3.13. The predicted molar refractivity (Wildman–Crippen MR) is 143 cm³/mol. The molecule has 0 radical (unpaired) electrons. The lowest BCUT2D eigenvalue weighted by molar-refractivity contribution is 0.0393. The summed E-state index contributed by atoms with van der Waals surface area (Å²) >= 11 is 0. The zero-order valence-corrected chi connectivity index (χ0v) is 20.9. The molecule has 2 aromatic heterocycles. The van der Waals surface area contributed by atoms with Crippen molar-refractivity contribution in [2.75, 3.05) is 69.5 Å². The molecule has 4 aromatic rings. The number of imidazole rings is 1. The molecule has 2 aromatic carbocycles. The number of para-hydroxylation sites is 2. The normalized spacial score (nSPS) is 14.2. The van der Waals surface area contributed by atoms with Crippen LogP contribution in [0.15, 0.2) is 48.7 Å². The number of anilines is 4. The lowest BCUT2D eigenvalue weighted by Crippen LogP contribution is -2.40. The Kier molecular flexibility index (Phi) is 6.88. The molecule has 0 aliphatic carbocycles. The number of aromatic nitrogens is 4. The summed E-state index contributed by atoms with van der Waals surface area (Å²) in [5, 5.41) is 3.27. The largest absolute Gasteiger partial charge is 0.494 e. The second-order valence-electron chi connectivity index (χ2n) is 8.86. The molecule has 0 bridgehead atoms. The third-order valence-corrected chi connectivity index (χ3v) is 6.53. The van der Waals surface area contributed by atoms with Crippen molar-refractivity contribution in [2.45, 2.75) is 0 Å². The quantitative estimate of drug-likeness (QED) is 0.362. The Hall–Kier alpha value is -3.89. The van der Waals surface area contributed by atoms with E-state index in [1.807, 2.05) is 61.1 Å². The van der Waals surface area contributed by atoms with Crippen LogP contribution in [0.1, 0.15) is 0 Å². The van der Waals surface area contributed by atoms with Crippen LogP contribution in [-0.4, -0.2) is 78.0 Å². The number of benzene rings is 2. The van der Waals surface area contributed by atoms with E-state index >= 15 is 0 Å². The van der Waals surface area contributed by atoms with E-state index in [2.05, 4.69) is 20.1 Å². The number of likely N-dealkylation sites (N-methyl/N-ethyl adjacent to an activating group) is 1. The molecule has 3 heterocycles. The van der Waals surface area contributed by atoms with Gasteiger partial charge < -0.3 is 30.0 Å². The minimum atomic E-state index is 0.436. The van der Waals surface area contributed by atoms with Gasteiger partial charge in [-0.15, -0.1) is 0 Å². The highest BCUT2D eigenvalue weighted by atomic mass is 16.5. The first-order valence-electron chi connectivity index (χ1n) is 12.0. The summed E-state index contributed by atoms with van der Waals surface area (Å²) in [5.41, 5.74) is 11.4. The highest BCUT2D eigenvalue weighted by Crippen LogP contribution is 2.36. The number of nitrogens with two attached hydrogens (primary N) is 1. The fourth-order valence-electron chi connectivity index (χ4n) is 4.46. The van der Waals surface area contributed by atoms with Crippen molar-refractivity contribution in [3.8, 4) is 17.3 Å². The maximum atomic E-state index is 6.47. The Morgan fingerprint density at radius 2 is 1.94 bits per heavy atom. The van der Waals surface area contributed by atoms with Gasteiger partial charge in [-0.25, -0.2) is 15.0 Å². The summed E-state index contributed by atoms with van der Waals surface area (Å²) in [6, 6.07) is 13.7. The van der Waals surface area contributed by atoms with E-state index in [1.165, 1.54) is 0 Å². The molecule has 1 aliphatic rings. The fourth-order valence-corrected chi connectivity index (χ4v) is 4.46. The molecule has 36 heavy (non-hydrogen) atoms. The van der Waals surface area contributed by atoms with Gasteiger partial charge in [0.1, 0.15) is 11.4 Å². The first-order chi connectivity index (χ1) is 17.5. The van der Waals surface area contributed by atoms with Crippen molar-refractivity contribution in [1.82, 2.24) is 24.4 Å². The van der Waals surface area contributed by atoms with Gasteiger partial charge in [-0.05, 0) is 24.3 Å². The Balaban J connectivity index is 1.35. The number of fused-ring (bicyclic) bond motifs is 1. The number of hydrogen-bond donors (Lipinski definition) is 2.